The summed E-state index contributed by atoms with van der Waals surface area (Å²) in [5, 5.41) is 10.7. The highest BCUT2D eigenvalue weighted by Crippen LogP contribution is 2.31. The highest BCUT2D eigenvalue weighted by atomic mass is 79.9. The first kappa shape index (κ1) is 12.2. The number of thiophene rings is 2. The lowest BCUT2D eigenvalue weighted by Gasteiger charge is -1.94. The van der Waals surface area contributed by atoms with Crippen LogP contribution in [0.15, 0.2) is 32.3 Å². The summed E-state index contributed by atoms with van der Waals surface area (Å²) in [6, 6.07) is 5.82. The van der Waals surface area contributed by atoms with Crippen LogP contribution in [0.3, 0.4) is 0 Å². The van der Waals surface area contributed by atoms with Gasteiger partial charge in [-0.2, -0.15) is 0 Å². The van der Waals surface area contributed by atoms with Gasteiger partial charge in [0.25, 0.3) is 0 Å². The van der Waals surface area contributed by atoms with E-state index in [1.54, 1.807) is 29.2 Å². The van der Waals surface area contributed by atoms with Crippen LogP contribution >= 0.6 is 50.4 Å². The Balaban J connectivity index is 1.97. The van der Waals surface area contributed by atoms with E-state index in [2.05, 4.69) is 22.0 Å². The van der Waals surface area contributed by atoms with Crippen molar-refractivity contribution >= 4 is 56.3 Å². The molecule has 2 nitrogen and oxygen atoms in total. The number of hydrogen-bond donors (Lipinski definition) is 1. The van der Waals surface area contributed by atoms with Crippen LogP contribution in [-0.2, 0) is 5.75 Å². The number of carbonyl (C=O) groups is 1. The molecule has 0 fully saturated rings. The minimum atomic E-state index is -0.851. The summed E-state index contributed by atoms with van der Waals surface area (Å²) in [5.41, 5.74) is 0. The van der Waals surface area contributed by atoms with Crippen molar-refractivity contribution in [3.8, 4) is 0 Å². The van der Waals surface area contributed by atoms with E-state index in [1.165, 1.54) is 16.2 Å². The van der Waals surface area contributed by atoms with E-state index in [0.29, 0.717) is 4.88 Å². The molecule has 6 heteroatoms. The van der Waals surface area contributed by atoms with Gasteiger partial charge in [-0.05, 0) is 34.1 Å². The first-order valence-electron chi connectivity index (χ1n) is 4.34. The molecule has 0 aliphatic heterocycles. The maximum Gasteiger partial charge on any atom is 0.345 e. The molecule has 84 valence electrons. The fourth-order valence-corrected chi connectivity index (χ4v) is 4.49. The Hall–Kier alpha value is -0.300. The number of halogens is 1. The van der Waals surface area contributed by atoms with Gasteiger partial charge in [-0.1, -0.05) is 0 Å². The summed E-state index contributed by atoms with van der Waals surface area (Å²) < 4.78 is 1.12. The second-order valence-electron chi connectivity index (χ2n) is 2.95. The van der Waals surface area contributed by atoms with E-state index in [-0.39, 0.29) is 0 Å². The van der Waals surface area contributed by atoms with Crippen LogP contribution in [0.1, 0.15) is 14.5 Å². The van der Waals surface area contributed by atoms with Crippen molar-refractivity contribution < 1.29 is 9.90 Å². The molecule has 0 unspecified atom stereocenters. The van der Waals surface area contributed by atoms with Gasteiger partial charge in [0.05, 0.1) is 3.79 Å². The molecule has 0 saturated heterocycles. The lowest BCUT2D eigenvalue weighted by atomic mass is 10.5. The average Bonchev–Trinajstić information content (AvgIpc) is 2.83. The second kappa shape index (κ2) is 5.35. The molecule has 0 atom stereocenters. The number of rotatable bonds is 4. The number of carboxylic acid groups (broad SMARTS) is 1. The summed E-state index contributed by atoms with van der Waals surface area (Å²) in [4.78, 5) is 13.4. The molecule has 0 bridgehead atoms. The Morgan fingerprint density at radius 3 is 2.88 bits per heavy atom. The Morgan fingerprint density at radius 2 is 2.31 bits per heavy atom. The quantitative estimate of drug-likeness (QED) is 0.832. The Labute approximate surface area is 113 Å². The molecule has 2 aromatic rings. The summed E-state index contributed by atoms with van der Waals surface area (Å²) in [5.74, 6) is 0.0298. The Kier molecular flexibility index (Phi) is 4.07. The van der Waals surface area contributed by atoms with Crippen LogP contribution < -0.4 is 0 Å². The predicted octanol–water partition coefficient (Wildman–Crippen LogP) is 4.56. The van der Waals surface area contributed by atoms with Gasteiger partial charge in [0.15, 0.2) is 0 Å². The zero-order valence-electron chi connectivity index (χ0n) is 7.97. The van der Waals surface area contributed by atoms with Gasteiger partial charge in [0, 0.05) is 20.9 Å². The minimum absolute atomic E-state index is 0.398. The molecule has 0 aliphatic carbocycles. The van der Waals surface area contributed by atoms with Crippen molar-refractivity contribution in [2.75, 3.05) is 0 Å². The van der Waals surface area contributed by atoms with Gasteiger partial charge in [-0.15, -0.1) is 34.4 Å². The summed E-state index contributed by atoms with van der Waals surface area (Å²) in [6.07, 6.45) is 0. The van der Waals surface area contributed by atoms with E-state index in [1.807, 2.05) is 11.4 Å². The molecule has 2 aromatic heterocycles. The number of carboxylic acids is 1. The van der Waals surface area contributed by atoms with Crippen LogP contribution in [0.25, 0.3) is 0 Å². The fourth-order valence-electron chi connectivity index (χ4n) is 1.09. The van der Waals surface area contributed by atoms with E-state index in [4.69, 9.17) is 5.11 Å². The summed E-state index contributed by atoms with van der Waals surface area (Å²) >= 11 is 8.05. The van der Waals surface area contributed by atoms with Crippen molar-refractivity contribution in [1.82, 2.24) is 0 Å². The van der Waals surface area contributed by atoms with Crippen LogP contribution in [0, 0.1) is 0 Å². The highest BCUT2D eigenvalue weighted by Gasteiger charge is 2.07. The predicted molar refractivity (Wildman–Crippen MR) is 72.9 cm³/mol. The smallest absolute Gasteiger partial charge is 0.345 e. The zero-order valence-corrected chi connectivity index (χ0v) is 12.0. The summed E-state index contributed by atoms with van der Waals surface area (Å²) in [7, 11) is 0. The number of aromatic carboxylic acids is 1. The molecule has 2 heterocycles. The molecule has 16 heavy (non-hydrogen) atoms. The SMILES string of the molecule is O=C(O)c1cc(SCc2ccc(Br)s2)cs1. The Bertz CT molecular complexity index is 504. The van der Waals surface area contributed by atoms with Crippen molar-refractivity contribution in [3.63, 3.8) is 0 Å². The third-order valence-electron chi connectivity index (χ3n) is 1.80. The molecular formula is C10H7BrO2S3. The first-order chi connectivity index (χ1) is 7.65. The minimum Gasteiger partial charge on any atom is -0.477 e. The van der Waals surface area contributed by atoms with Crippen LogP contribution in [0.4, 0.5) is 0 Å². The molecular weight excluding hydrogens is 328 g/mol. The maximum absolute atomic E-state index is 10.7. The second-order valence-corrected chi connectivity index (χ2v) is 7.45. The van der Waals surface area contributed by atoms with E-state index in [9.17, 15) is 4.79 Å². The maximum atomic E-state index is 10.7. The molecule has 1 N–H and O–H groups in total. The molecule has 2 rings (SSSR count). The number of hydrogen-bond acceptors (Lipinski definition) is 4. The highest BCUT2D eigenvalue weighted by molar-refractivity contribution is 9.11. The van der Waals surface area contributed by atoms with Crippen molar-refractivity contribution in [3.05, 3.63) is 37.1 Å². The van der Waals surface area contributed by atoms with Gasteiger partial charge in [-0.3, -0.25) is 0 Å². The van der Waals surface area contributed by atoms with Gasteiger partial charge < -0.3 is 5.11 Å². The van der Waals surface area contributed by atoms with Gasteiger partial charge in [0.1, 0.15) is 4.88 Å². The molecule has 0 radical (unpaired) electrons. The zero-order chi connectivity index (χ0) is 11.5. The monoisotopic (exact) mass is 334 g/mol. The van der Waals surface area contributed by atoms with Gasteiger partial charge >= 0.3 is 5.97 Å². The third-order valence-corrected chi connectivity index (χ3v) is 5.69. The third kappa shape index (κ3) is 3.10. The van der Waals surface area contributed by atoms with E-state index < -0.39 is 5.97 Å². The lowest BCUT2D eigenvalue weighted by Crippen LogP contribution is -1.89. The number of thioether (sulfide) groups is 1. The van der Waals surface area contributed by atoms with Gasteiger partial charge in [-0.25, -0.2) is 4.79 Å². The topological polar surface area (TPSA) is 37.3 Å². The molecule has 0 saturated carbocycles. The standard InChI is InChI=1S/C10H7BrO2S3/c11-9-2-1-6(16-9)4-14-7-3-8(10(12)13)15-5-7/h1-3,5H,4H2,(H,12,13). The summed E-state index contributed by atoms with van der Waals surface area (Å²) in [6.45, 7) is 0. The Morgan fingerprint density at radius 1 is 1.50 bits per heavy atom. The first-order valence-corrected chi connectivity index (χ1v) is 7.81. The van der Waals surface area contributed by atoms with Crippen molar-refractivity contribution in [2.45, 2.75) is 10.6 Å². The van der Waals surface area contributed by atoms with Crippen LogP contribution in [-0.4, -0.2) is 11.1 Å². The fraction of sp³-hybridized carbons (Fsp3) is 0.100. The van der Waals surface area contributed by atoms with E-state index >= 15 is 0 Å². The molecule has 0 amide bonds. The molecule has 0 spiro atoms. The largest absolute Gasteiger partial charge is 0.477 e. The van der Waals surface area contributed by atoms with Crippen molar-refractivity contribution in [1.29, 1.82) is 0 Å². The molecule has 0 aromatic carbocycles. The van der Waals surface area contributed by atoms with Crippen molar-refractivity contribution in [2.24, 2.45) is 0 Å². The van der Waals surface area contributed by atoms with E-state index in [0.717, 1.165) is 14.4 Å². The lowest BCUT2D eigenvalue weighted by molar-refractivity contribution is 0.0702. The van der Waals surface area contributed by atoms with Gasteiger partial charge in [0.2, 0.25) is 0 Å². The normalized spacial score (nSPS) is 10.6. The van der Waals surface area contributed by atoms with Crippen LogP contribution in [0.5, 0.6) is 0 Å². The molecule has 0 aliphatic rings. The van der Waals surface area contributed by atoms with Crippen LogP contribution in [0.2, 0.25) is 0 Å². The average molecular weight is 335 g/mol.